The van der Waals surface area contributed by atoms with Crippen molar-refractivity contribution < 1.29 is 13.2 Å². The topological polar surface area (TPSA) is 57.7 Å². The van der Waals surface area contributed by atoms with Gasteiger partial charge in [0.15, 0.2) is 0 Å². The summed E-state index contributed by atoms with van der Waals surface area (Å²) < 4.78 is 26.2. The second-order valence-corrected chi connectivity index (χ2v) is 11.1. The smallest absolute Gasteiger partial charge is 0.254 e. The summed E-state index contributed by atoms with van der Waals surface area (Å²) in [6.45, 7) is 2.40. The fraction of sp³-hybridized carbons (Fsp3) is 0.261. The lowest BCUT2D eigenvalue weighted by molar-refractivity contribution is 0.0675. The first-order chi connectivity index (χ1) is 14.7. The molecule has 1 aromatic heterocycles. The van der Waals surface area contributed by atoms with Crippen molar-refractivity contribution in [3.05, 3.63) is 87.1 Å². The van der Waals surface area contributed by atoms with Crippen molar-refractivity contribution in [2.45, 2.75) is 30.8 Å². The lowest BCUT2D eigenvalue weighted by Gasteiger charge is -2.30. The Balaban J connectivity index is 1.94. The molecule has 1 unspecified atom stereocenters. The highest BCUT2D eigenvalue weighted by atomic mass is 35.5. The molecule has 0 fully saturated rings. The molecule has 0 spiro atoms. The van der Waals surface area contributed by atoms with Crippen LogP contribution in [0.5, 0.6) is 0 Å². The zero-order valence-corrected chi connectivity index (χ0v) is 20.0. The molecule has 5 nitrogen and oxygen atoms in total. The third-order valence-corrected chi connectivity index (χ3v) is 7.96. The maximum atomic E-state index is 13.5. The Bertz CT molecular complexity index is 1130. The van der Waals surface area contributed by atoms with Crippen LogP contribution in [-0.2, 0) is 23.0 Å². The number of halogens is 1. The molecule has 0 saturated carbocycles. The van der Waals surface area contributed by atoms with Crippen molar-refractivity contribution in [3.63, 3.8) is 0 Å². The number of thiophene rings is 1. The van der Waals surface area contributed by atoms with E-state index in [9.17, 15) is 13.2 Å². The molecule has 0 bridgehead atoms. The summed E-state index contributed by atoms with van der Waals surface area (Å²) in [5, 5.41) is 2.65. The van der Waals surface area contributed by atoms with E-state index in [1.807, 2.05) is 30.5 Å². The van der Waals surface area contributed by atoms with Crippen molar-refractivity contribution in [2.24, 2.45) is 0 Å². The van der Waals surface area contributed by atoms with Crippen LogP contribution in [0.1, 0.15) is 27.7 Å². The highest BCUT2D eigenvalue weighted by Crippen LogP contribution is 2.22. The molecule has 1 heterocycles. The molecule has 164 valence electrons. The van der Waals surface area contributed by atoms with E-state index in [0.29, 0.717) is 23.6 Å². The Kier molecular flexibility index (Phi) is 7.54. The van der Waals surface area contributed by atoms with E-state index in [4.69, 9.17) is 11.6 Å². The Morgan fingerprint density at radius 3 is 2.39 bits per heavy atom. The number of hydrogen-bond acceptors (Lipinski definition) is 4. The average Bonchev–Trinajstić information content (AvgIpc) is 3.25. The highest BCUT2D eigenvalue weighted by molar-refractivity contribution is 7.89. The molecule has 3 rings (SSSR count). The quantitative estimate of drug-likeness (QED) is 0.463. The number of hydrogen-bond donors (Lipinski definition) is 0. The molecule has 0 aliphatic carbocycles. The third kappa shape index (κ3) is 5.74. The van der Waals surface area contributed by atoms with Gasteiger partial charge >= 0.3 is 0 Å². The van der Waals surface area contributed by atoms with Crippen LogP contribution in [0, 0.1) is 0 Å². The molecule has 0 aliphatic heterocycles. The van der Waals surface area contributed by atoms with Crippen molar-refractivity contribution >= 4 is 38.9 Å². The van der Waals surface area contributed by atoms with Crippen LogP contribution >= 0.6 is 22.9 Å². The van der Waals surface area contributed by atoms with E-state index < -0.39 is 10.0 Å². The predicted molar refractivity (Wildman–Crippen MR) is 126 cm³/mol. The Labute approximate surface area is 192 Å². The van der Waals surface area contributed by atoms with Crippen molar-refractivity contribution in [1.29, 1.82) is 0 Å². The molecule has 1 atom stereocenters. The second kappa shape index (κ2) is 9.96. The fourth-order valence-corrected chi connectivity index (χ4v) is 5.11. The van der Waals surface area contributed by atoms with Gasteiger partial charge in [0.2, 0.25) is 10.0 Å². The lowest BCUT2D eigenvalue weighted by Crippen LogP contribution is -2.39. The second-order valence-electron chi connectivity index (χ2n) is 7.51. The van der Waals surface area contributed by atoms with Gasteiger partial charge in [-0.3, -0.25) is 4.79 Å². The number of nitrogens with zero attached hydrogens (tertiary/aromatic N) is 2. The van der Waals surface area contributed by atoms with E-state index in [-0.39, 0.29) is 16.8 Å². The standard InChI is InChI=1S/C23H25ClN2O3S2/c1-17(14-21-7-5-13-30-21)26(16-18-9-11-20(24)12-10-18)23(27)19-6-4-8-22(15-19)31(28,29)25(2)3/h4-13,15,17H,14,16H2,1-3H3. The molecule has 0 radical (unpaired) electrons. The van der Waals surface area contributed by atoms with Crippen LogP contribution in [0.4, 0.5) is 0 Å². The maximum absolute atomic E-state index is 13.5. The summed E-state index contributed by atoms with van der Waals surface area (Å²) in [5.74, 6) is -0.213. The van der Waals surface area contributed by atoms with Crippen LogP contribution in [0.3, 0.4) is 0 Å². The number of benzene rings is 2. The molecule has 1 amide bonds. The summed E-state index contributed by atoms with van der Waals surface area (Å²) in [4.78, 5) is 16.6. The van der Waals surface area contributed by atoms with Gasteiger partial charge in [-0.15, -0.1) is 11.3 Å². The van der Waals surface area contributed by atoms with Gasteiger partial charge < -0.3 is 4.90 Å². The Morgan fingerprint density at radius 1 is 1.06 bits per heavy atom. The van der Waals surface area contributed by atoms with Gasteiger partial charge in [0.1, 0.15) is 0 Å². The molecule has 0 saturated heterocycles. The molecule has 0 N–H and O–H groups in total. The van der Waals surface area contributed by atoms with Gasteiger partial charge in [-0.2, -0.15) is 0 Å². The maximum Gasteiger partial charge on any atom is 0.254 e. The summed E-state index contributed by atoms with van der Waals surface area (Å²) >= 11 is 7.66. The number of carbonyl (C=O) groups excluding carboxylic acids is 1. The minimum absolute atomic E-state index is 0.0871. The van der Waals surface area contributed by atoms with Gasteiger partial charge in [-0.1, -0.05) is 35.9 Å². The van der Waals surface area contributed by atoms with Crippen LogP contribution in [-0.4, -0.2) is 43.7 Å². The third-order valence-electron chi connectivity index (χ3n) is 5.00. The van der Waals surface area contributed by atoms with Crippen molar-refractivity contribution in [1.82, 2.24) is 9.21 Å². The number of rotatable bonds is 8. The summed E-state index contributed by atoms with van der Waals surface area (Å²) in [6, 6.07) is 17.6. The molecular weight excluding hydrogens is 452 g/mol. The molecule has 3 aromatic rings. The molecule has 8 heteroatoms. The van der Waals surface area contributed by atoms with Crippen LogP contribution < -0.4 is 0 Å². The van der Waals surface area contributed by atoms with E-state index in [1.54, 1.807) is 40.5 Å². The van der Waals surface area contributed by atoms with Gasteiger partial charge in [-0.25, -0.2) is 12.7 Å². The summed E-state index contributed by atoms with van der Waals surface area (Å²) in [5.41, 5.74) is 1.29. The molecular formula is C23H25ClN2O3S2. The minimum Gasteiger partial charge on any atom is -0.331 e. The van der Waals surface area contributed by atoms with Gasteiger partial charge in [0.05, 0.1) is 4.90 Å². The largest absolute Gasteiger partial charge is 0.331 e. The van der Waals surface area contributed by atoms with Crippen LogP contribution in [0.25, 0.3) is 0 Å². The van der Waals surface area contributed by atoms with Gasteiger partial charge in [-0.05, 0) is 54.3 Å². The molecule has 0 aliphatic rings. The van der Waals surface area contributed by atoms with Crippen molar-refractivity contribution in [3.8, 4) is 0 Å². The zero-order valence-electron chi connectivity index (χ0n) is 17.7. The van der Waals surface area contributed by atoms with E-state index in [1.165, 1.54) is 31.1 Å². The number of amides is 1. The molecule has 2 aromatic carbocycles. The van der Waals surface area contributed by atoms with Gasteiger partial charge in [0, 0.05) is 48.6 Å². The first kappa shape index (κ1) is 23.5. The first-order valence-electron chi connectivity index (χ1n) is 9.79. The first-order valence-corrected chi connectivity index (χ1v) is 12.5. The highest BCUT2D eigenvalue weighted by Gasteiger charge is 2.25. The molecule has 31 heavy (non-hydrogen) atoms. The minimum atomic E-state index is -3.63. The Morgan fingerprint density at radius 2 is 1.77 bits per heavy atom. The average molecular weight is 477 g/mol. The van der Waals surface area contributed by atoms with E-state index >= 15 is 0 Å². The van der Waals surface area contributed by atoms with Crippen molar-refractivity contribution in [2.75, 3.05) is 14.1 Å². The SMILES string of the molecule is CC(Cc1cccs1)N(Cc1ccc(Cl)cc1)C(=O)c1cccc(S(=O)(=O)N(C)C)c1. The van der Waals surface area contributed by atoms with E-state index in [2.05, 4.69) is 6.07 Å². The van der Waals surface area contributed by atoms with Gasteiger partial charge in [0.25, 0.3) is 5.91 Å². The number of carbonyl (C=O) groups is 1. The predicted octanol–water partition coefficient (Wildman–Crippen LogP) is 4.93. The van der Waals surface area contributed by atoms with Crippen LogP contribution in [0.2, 0.25) is 5.02 Å². The van der Waals surface area contributed by atoms with E-state index in [0.717, 1.165) is 9.87 Å². The normalized spacial score (nSPS) is 12.7. The fourth-order valence-electron chi connectivity index (χ4n) is 3.21. The Hall–Kier alpha value is -2.19. The monoisotopic (exact) mass is 476 g/mol. The van der Waals surface area contributed by atoms with Crippen LogP contribution in [0.15, 0.2) is 70.9 Å². The zero-order chi connectivity index (χ0) is 22.6. The summed E-state index contributed by atoms with van der Waals surface area (Å²) in [7, 11) is -0.690. The lowest BCUT2D eigenvalue weighted by atomic mass is 10.1. The number of sulfonamides is 1. The summed E-state index contributed by atoms with van der Waals surface area (Å²) in [6.07, 6.45) is 0.715.